The van der Waals surface area contributed by atoms with Crippen LogP contribution in [0.3, 0.4) is 0 Å². The first-order valence-electron chi connectivity index (χ1n) is 9.66. The molecule has 0 amide bonds. The number of aliphatic imine (C=N–C) groups is 1. The number of hydrogen-bond donors (Lipinski definition) is 1. The van der Waals surface area contributed by atoms with E-state index in [0.717, 1.165) is 51.8 Å². The Morgan fingerprint density at radius 1 is 1.25 bits per heavy atom. The fourth-order valence-corrected chi connectivity index (χ4v) is 3.99. The predicted molar refractivity (Wildman–Crippen MR) is 121 cm³/mol. The molecule has 3 heterocycles. The molecule has 1 aromatic carbocycles. The number of nitrogens with one attached hydrogen (secondary N) is 1. The second-order valence-electron chi connectivity index (χ2n) is 7.08. The first-order valence-corrected chi connectivity index (χ1v) is 9.66. The zero-order valence-corrected chi connectivity index (χ0v) is 18.6. The van der Waals surface area contributed by atoms with Gasteiger partial charge in [0.25, 0.3) is 0 Å². The highest BCUT2D eigenvalue weighted by molar-refractivity contribution is 14.0. The van der Waals surface area contributed by atoms with Gasteiger partial charge in [-0.05, 0) is 11.6 Å². The van der Waals surface area contributed by atoms with Crippen molar-refractivity contribution in [1.29, 1.82) is 0 Å². The van der Waals surface area contributed by atoms with Crippen LogP contribution in [-0.2, 0) is 17.8 Å². The smallest absolute Gasteiger partial charge is 0.193 e. The Balaban J connectivity index is 0.00000225. The van der Waals surface area contributed by atoms with Gasteiger partial charge in [0.05, 0.1) is 25.3 Å². The van der Waals surface area contributed by atoms with Crippen molar-refractivity contribution in [2.75, 3.05) is 39.8 Å². The number of rotatable bonds is 5. The molecule has 2 aromatic rings. The van der Waals surface area contributed by atoms with E-state index < -0.39 is 0 Å². The number of ether oxygens (including phenoxy) is 1. The summed E-state index contributed by atoms with van der Waals surface area (Å²) in [6, 6.07) is 13.0. The van der Waals surface area contributed by atoms with Gasteiger partial charge in [0.15, 0.2) is 5.96 Å². The third kappa shape index (κ3) is 5.03. The van der Waals surface area contributed by atoms with Crippen molar-refractivity contribution in [3.63, 3.8) is 0 Å². The topological polar surface area (TPSA) is 57.9 Å². The Kier molecular flexibility index (Phi) is 7.69. The lowest BCUT2D eigenvalue weighted by Gasteiger charge is -2.36. The minimum absolute atomic E-state index is 0. The Morgan fingerprint density at radius 3 is 2.86 bits per heavy atom. The molecule has 2 saturated heterocycles. The molecule has 8 heteroatoms. The zero-order chi connectivity index (χ0) is 18.5. The number of hydrogen-bond acceptors (Lipinski definition) is 4. The largest absolute Gasteiger partial charge is 0.373 e. The van der Waals surface area contributed by atoms with Gasteiger partial charge in [0, 0.05) is 52.2 Å². The number of guanidine groups is 1. The van der Waals surface area contributed by atoms with Crippen LogP contribution >= 0.6 is 24.0 Å². The fraction of sp³-hybridized carbons (Fsp3) is 0.500. The molecular weight excluding hydrogens is 467 g/mol. The van der Waals surface area contributed by atoms with Crippen LogP contribution in [0.15, 0.2) is 53.8 Å². The normalized spacial score (nSPS) is 22.6. The van der Waals surface area contributed by atoms with Gasteiger partial charge >= 0.3 is 0 Å². The fourth-order valence-electron chi connectivity index (χ4n) is 3.99. The average Bonchev–Trinajstić information content (AvgIpc) is 3.36. The molecule has 1 aromatic heterocycles. The molecule has 28 heavy (non-hydrogen) atoms. The van der Waals surface area contributed by atoms with Crippen LogP contribution in [-0.4, -0.2) is 77.5 Å². The van der Waals surface area contributed by atoms with Crippen molar-refractivity contribution in [3.05, 3.63) is 54.4 Å². The van der Waals surface area contributed by atoms with Gasteiger partial charge in [-0.25, -0.2) is 0 Å². The quantitative estimate of drug-likeness (QED) is 0.388. The molecule has 4 rings (SSSR count). The highest BCUT2D eigenvalue weighted by atomic mass is 127. The number of aromatic nitrogens is 2. The number of morpholine rings is 1. The SMILES string of the molecule is CN=C(NCCn1cccn1)N1CC2OCCN(Cc3ccccc3)C2C1.I. The summed E-state index contributed by atoms with van der Waals surface area (Å²) < 4.78 is 8.00. The molecule has 2 unspecified atom stereocenters. The van der Waals surface area contributed by atoms with Crippen LogP contribution in [0.25, 0.3) is 0 Å². The van der Waals surface area contributed by atoms with E-state index >= 15 is 0 Å². The summed E-state index contributed by atoms with van der Waals surface area (Å²) in [4.78, 5) is 9.36. The molecule has 0 saturated carbocycles. The van der Waals surface area contributed by atoms with E-state index in [1.54, 1.807) is 6.20 Å². The summed E-state index contributed by atoms with van der Waals surface area (Å²) in [6.07, 6.45) is 4.02. The molecule has 7 nitrogen and oxygen atoms in total. The maximum Gasteiger partial charge on any atom is 0.193 e. The summed E-state index contributed by atoms with van der Waals surface area (Å²) in [6.45, 7) is 6.21. The van der Waals surface area contributed by atoms with Crippen LogP contribution < -0.4 is 5.32 Å². The van der Waals surface area contributed by atoms with Crippen molar-refractivity contribution in [3.8, 4) is 0 Å². The lowest BCUT2D eigenvalue weighted by molar-refractivity contribution is -0.0502. The molecule has 0 aliphatic carbocycles. The first-order chi connectivity index (χ1) is 13.3. The average molecular weight is 496 g/mol. The molecule has 0 bridgehead atoms. The van der Waals surface area contributed by atoms with E-state index in [9.17, 15) is 0 Å². The van der Waals surface area contributed by atoms with Gasteiger partial charge in [0.2, 0.25) is 0 Å². The van der Waals surface area contributed by atoms with Crippen LogP contribution in [0.2, 0.25) is 0 Å². The monoisotopic (exact) mass is 496 g/mol. The van der Waals surface area contributed by atoms with Crippen molar-refractivity contribution in [2.45, 2.75) is 25.2 Å². The van der Waals surface area contributed by atoms with Crippen LogP contribution in [0, 0.1) is 0 Å². The first kappa shape index (κ1) is 21.1. The molecule has 0 spiro atoms. The maximum atomic E-state index is 6.08. The maximum absolute atomic E-state index is 6.08. The number of fused-ring (bicyclic) bond motifs is 1. The van der Waals surface area contributed by atoms with Gasteiger partial charge < -0.3 is 15.0 Å². The van der Waals surface area contributed by atoms with E-state index in [2.05, 4.69) is 55.5 Å². The Morgan fingerprint density at radius 2 is 2.11 bits per heavy atom. The van der Waals surface area contributed by atoms with Crippen molar-refractivity contribution < 1.29 is 4.74 Å². The van der Waals surface area contributed by atoms with Gasteiger partial charge in [-0.15, -0.1) is 24.0 Å². The third-order valence-corrected chi connectivity index (χ3v) is 5.34. The summed E-state index contributed by atoms with van der Waals surface area (Å²) >= 11 is 0. The number of nitrogens with zero attached hydrogens (tertiary/aromatic N) is 5. The van der Waals surface area contributed by atoms with Crippen LogP contribution in [0.4, 0.5) is 0 Å². The van der Waals surface area contributed by atoms with Crippen molar-refractivity contribution in [2.24, 2.45) is 4.99 Å². The molecule has 152 valence electrons. The van der Waals surface area contributed by atoms with E-state index in [-0.39, 0.29) is 30.1 Å². The summed E-state index contributed by atoms with van der Waals surface area (Å²) in [5.74, 6) is 0.944. The minimum atomic E-state index is 0. The number of halogens is 1. The minimum Gasteiger partial charge on any atom is -0.373 e. The van der Waals surface area contributed by atoms with Gasteiger partial charge in [0.1, 0.15) is 0 Å². The molecule has 2 fully saturated rings. The molecule has 2 aliphatic heterocycles. The highest BCUT2D eigenvalue weighted by Crippen LogP contribution is 2.24. The number of benzene rings is 1. The lowest BCUT2D eigenvalue weighted by atomic mass is 10.1. The Labute approximate surface area is 183 Å². The molecule has 1 N–H and O–H groups in total. The second kappa shape index (κ2) is 10.2. The summed E-state index contributed by atoms with van der Waals surface area (Å²) in [5.41, 5.74) is 1.36. The van der Waals surface area contributed by atoms with Gasteiger partial charge in [-0.3, -0.25) is 14.6 Å². The van der Waals surface area contributed by atoms with Crippen molar-refractivity contribution >= 4 is 29.9 Å². The number of likely N-dealkylation sites (tertiary alicyclic amines) is 1. The Hall–Kier alpha value is -1.65. The van der Waals surface area contributed by atoms with Crippen molar-refractivity contribution in [1.82, 2.24) is 24.9 Å². The van der Waals surface area contributed by atoms with E-state index in [4.69, 9.17) is 4.74 Å². The Bertz CT molecular complexity index is 738. The third-order valence-electron chi connectivity index (χ3n) is 5.34. The second-order valence-corrected chi connectivity index (χ2v) is 7.08. The molecule has 2 aliphatic rings. The molecular formula is C20H29IN6O. The zero-order valence-electron chi connectivity index (χ0n) is 16.3. The van der Waals surface area contributed by atoms with Crippen LogP contribution in [0.5, 0.6) is 0 Å². The predicted octanol–water partition coefficient (Wildman–Crippen LogP) is 1.66. The van der Waals surface area contributed by atoms with Gasteiger partial charge in [-0.2, -0.15) is 5.10 Å². The standard InChI is InChI=1S/C20H28N6O.HI/c1-21-20(22-9-11-26-10-5-8-23-26)25-15-18-19(16-25)27-13-12-24(18)14-17-6-3-2-4-7-17;/h2-8,10,18-19H,9,11-16H2,1H3,(H,21,22);1H. The van der Waals surface area contributed by atoms with E-state index in [1.807, 2.05) is 24.0 Å². The highest BCUT2D eigenvalue weighted by Gasteiger charge is 2.41. The van der Waals surface area contributed by atoms with E-state index in [1.165, 1.54) is 5.56 Å². The van der Waals surface area contributed by atoms with Gasteiger partial charge in [-0.1, -0.05) is 30.3 Å². The summed E-state index contributed by atoms with van der Waals surface area (Å²) in [5, 5.41) is 7.71. The summed E-state index contributed by atoms with van der Waals surface area (Å²) in [7, 11) is 1.85. The van der Waals surface area contributed by atoms with E-state index in [0.29, 0.717) is 6.04 Å². The molecule has 2 atom stereocenters. The molecule has 0 radical (unpaired) electrons. The van der Waals surface area contributed by atoms with Crippen LogP contribution in [0.1, 0.15) is 5.56 Å². The lowest BCUT2D eigenvalue weighted by Crippen LogP contribution is -2.50.